The standard InChI is InChI=1S/C7H16O3S/c1-3-4-5-7(8)6-11(2,9)10/h7-8H,3-6H2,1-2H3/t7-/m0/s1. The molecule has 1 N–H and O–H groups in total. The normalized spacial score (nSPS) is 14.8. The molecule has 11 heavy (non-hydrogen) atoms. The van der Waals surface area contributed by atoms with Crippen molar-refractivity contribution in [3.05, 3.63) is 0 Å². The number of unbranched alkanes of at least 4 members (excludes halogenated alkanes) is 1. The Kier molecular flexibility index (Phi) is 4.68. The number of hydrogen-bond acceptors (Lipinski definition) is 3. The summed E-state index contributed by atoms with van der Waals surface area (Å²) >= 11 is 0. The first-order valence-corrected chi connectivity index (χ1v) is 5.87. The van der Waals surface area contributed by atoms with Gasteiger partial charge in [0.1, 0.15) is 9.84 Å². The van der Waals surface area contributed by atoms with E-state index in [1.807, 2.05) is 6.92 Å². The van der Waals surface area contributed by atoms with E-state index in [4.69, 9.17) is 5.11 Å². The number of aliphatic hydroxyl groups excluding tert-OH is 1. The molecule has 4 heteroatoms. The van der Waals surface area contributed by atoms with Crippen LogP contribution in [0.25, 0.3) is 0 Å². The third-order valence-electron chi connectivity index (χ3n) is 1.39. The summed E-state index contributed by atoms with van der Waals surface area (Å²) in [5.74, 6) is -0.104. The second-order valence-corrected chi connectivity index (χ2v) is 5.07. The number of aliphatic hydroxyl groups is 1. The molecule has 0 radical (unpaired) electrons. The van der Waals surface area contributed by atoms with Crippen LogP contribution in [0.5, 0.6) is 0 Å². The van der Waals surface area contributed by atoms with Crippen molar-refractivity contribution in [2.24, 2.45) is 0 Å². The van der Waals surface area contributed by atoms with Crippen molar-refractivity contribution in [3.8, 4) is 0 Å². The van der Waals surface area contributed by atoms with Crippen LogP contribution in [0.4, 0.5) is 0 Å². The van der Waals surface area contributed by atoms with Crippen molar-refractivity contribution in [2.45, 2.75) is 32.3 Å². The average Bonchev–Trinajstić information content (AvgIpc) is 1.79. The van der Waals surface area contributed by atoms with Crippen LogP contribution in [-0.4, -0.2) is 31.6 Å². The Balaban J connectivity index is 3.61. The Hall–Kier alpha value is -0.0900. The zero-order chi connectivity index (χ0) is 8.91. The Morgan fingerprint density at radius 1 is 1.45 bits per heavy atom. The Morgan fingerprint density at radius 2 is 2.00 bits per heavy atom. The second-order valence-electron chi connectivity index (χ2n) is 2.89. The fourth-order valence-corrected chi connectivity index (χ4v) is 1.74. The summed E-state index contributed by atoms with van der Waals surface area (Å²) in [5, 5.41) is 9.14. The van der Waals surface area contributed by atoms with Gasteiger partial charge in [-0.1, -0.05) is 19.8 Å². The maximum Gasteiger partial charge on any atom is 0.149 e. The van der Waals surface area contributed by atoms with Crippen LogP contribution < -0.4 is 0 Å². The fourth-order valence-electron chi connectivity index (χ4n) is 0.873. The van der Waals surface area contributed by atoms with Gasteiger partial charge in [0, 0.05) is 6.26 Å². The molecule has 0 amide bonds. The van der Waals surface area contributed by atoms with Gasteiger partial charge in [0.25, 0.3) is 0 Å². The SMILES string of the molecule is CCCC[C@H](O)CS(C)(=O)=O. The Bertz CT molecular complexity index is 184. The molecule has 68 valence electrons. The molecule has 0 heterocycles. The molecule has 0 aliphatic rings. The zero-order valence-corrected chi connectivity index (χ0v) is 7.89. The lowest BCUT2D eigenvalue weighted by Gasteiger charge is -2.06. The molecule has 0 aromatic rings. The molecule has 0 unspecified atom stereocenters. The summed E-state index contributed by atoms with van der Waals surface area (Å²) in [6, 6.07) is 0. The molecule has 0 fully saturated rings. The van der Waals surface area contributed by atoms with E-state index in [-0.39, 0.29) is 5.75 Å². The predicted molar refractivity (Wildman–Crippen MR) is 45.2 cm³/mol. The largest absolute Gasteiger partial charge is 0.392 e. The monoisotopic (exact) mass is 180 g/mol. The Morgan fingerprint density at radius 3 is 2.36 bits per heavy atom. The molecular formula is C7H16O3S. The van der Waals surface area contributed by atoms with Gasteiger partial charge < -0.3 is 5.11 Å². The maximum atomic E-state index is 10.6. The predicted octanol–water partition coefficient (Wildman–Crippen LogP) is 0.582. The molecular weight excluding hydrogens is 164 g/mol. The van der Waals surface area contributed by atoms with E-state index in [1.54, 1.807) is 0 Å². The third kappa shape index (κ3) is 7.81. The van der Waals surface area contributed by atoms with E-state index in [2.05, 4.69) is 0 Å². The van der Waals surface area contributed by atoms with Gasteiger partial charge in [-0.15, -0.1) is 0 Å². The van der Waals surface area contributed by atoms with Gasteiger partial charge in [-0.2, -0.15) is 0 Å². The highest BCUT2D eigenvalue weighted by atomic mass is 32.2. The lowest BCUT2D eigenvalue weighted by atomic mass is 10.2. The highest BCUT2D eigenvalue weighted by Crippen LogP contribution is 2.02. The van der Waals surface area contributed by atoms with Crippen molar-refractivity contribution in [1.29, 1.82) is 0 Å². The summed E-state index contributed by atoms with van der Waals surface area (Å²) in [6.07, 6.45) is 2.92. The molecule has 3 nitrogen and oxygen atoms in total. The van der Waals surface area contributed by atoms with E-state index in [0.717, 1.165) is 19.1 Å². The van der Waals surface area contributed by atoms with Gasteiger partial charge in [0.05, 0.1) is 11.9 Å². The molecule has 0 spiro atoms. The summed E-state index contributed by atoms with van der Waals surface area (Å²) in [6.45, 7) is 2.01. The topological polar surface area (TPSA) is 54.4 Å². The highest BCUT2D eigenvalue weighted by molar-refractivity contribution is 7.90. The molecule has 0 aromatic carbocycles. The van der Waals surface area contributed by atoms with Gasteiger partial charge in [-0.25, -0.2) is 8.42 Å². The van der Waals surface area contributed by atoms with Crippen molar-refractivity contribution in [1.82, 2.24) is 0 Å². The highest BCUT2D eigenvalue weighted by Gasteiger charge is 2.10. The summed E-state index contributed by atoms with van der Waals surface area (Å²) < 4.78 is 21.3. The summed E-state index contributed by atoms with van der Waals surface area (Å²) in [5.41, 5.74) is 0. The van der Waals surface area contributed by atoms with E-state index in [9.17, 15) is 8.42 Å². The van der Waals surface area contributed by atoms with Crippen molar-refractivity contribution in [2.75, 3.05) is 12.0 Å². The molecule has 0 aromatic heterocycles. The van der Waals surface area contributed by atoms with Gasteiger partial charge in [-0.3, -0.25) is 0 Å². The van der Waals surface area contributed by atoms with Crippen molar-refractivity contribution < 1.29 is 13.5 Å². The zero-order valence-electron chi connectivity index (χ0n) is 7.08. The van der Waals surface area contributed by atoms with Crippen molar-refractivity contribution >= 4 is 9.84 Å². The van der Waals surface area contributed by atoms with E-state index in [0.29, 0.717) is 6.42 Å². The van der Waals surface area contributed by atoms with E-state index in [1.165, 1.54) is 0 Å². The summed E-state index contributed by atoms with van der Waals surface area (Å²) in [4.78, 5) is 0. The average molecular weight is 180 g/mol. The van der Waals surface area contributed by atoms with E-state index < -0.39 is 15.9 Å². The molecule has 0 bridgehead atoms. The minimum atomic E-state index is -3.00. The quantitative estimate of drug-likeness (QED) is 0.673. The number of hydrogen-bond donors (Lipinski definition) is 1. The van der Waals surface area contributed by atoms with Gasteiger partial charge in [0.2, 0.25) is 0 Å². The summed E-state index contributed by atoms with van der Waals surface area (Å²) in [7, 11) is -3.00. The maximum absolute atomic E-state index is 10.6. The second kappa shape index (κ2) is 4.72. The molecule has 1 atom stereocenters. The molecule has 0 aliphatic carbocycles. The van der Waals surface area contributed by atoms with Crippen LogP contribution in [0.2, 0.25) is 0 Å². The number of rotatable bonds is 5. The first-order chi connectivity index (χ1) is 4.95. The first-order valence-electron chi connectivity index (χ1n) is 3.81. The molecule has 0 aliphatic heterocycles. The molecule has 0 saturated carbocycles. The van der Waals surface area contributed by atoms with Crippen LogP contribution in [0, 0.1) is 0 Å². The van der Waals surface area contributed by atoms with E-state index >= 15 is 0 Å². The lowest BCUT2D eigenvalue weighted by Crippen LogP contribution is -2.19. The fraction of sp³-hybridized carbons (Fsp3) is 1.00. The minimum absolute atomic E-state index is 0.104. The van der Waals surface area contributed by atoms with Gasteiger partial charge >= 0.3 is 0 Å². The van der Waals surface area contributed by atoms with Crippen LogP contribution in [0.15, 0.2) is 0 Å². The lowest BCUT2D eigenvalue weighted by molar-refractivity contribution is 0.184. The third-order valence-corrected chi connectivity index (χ3v) is 2.38. The number of sulfone groups is 1. The first kappa shape index (κ1) is 10.9. The smallest absolute Gasteiger partial charge is 0.149 e. The molecule has 0 saturated heterocycles. The van der Waals surface area contributed by atoms with Crippen LogP contribution in [0.1, 0.15) is 26.2 Å². The van der Waals surface area contributed by atoms with Crippen LogP contribution >= 0.6 is 0 Å². The van der Waals surface area contributed by atoms with Gasteiger partial charge in [-0.05, 0) is 6.42 Å². The Labute approximate surface area is 68.3 Å². The molecule has 0 rings (SSSR count). The van der Waals surface area contributed by atoms with Crippen LogP contribution in [-0.2, 0) is 9.84 Å². The van der Waals surface area contributed by atoms with Crippen LogP contribution in [0.3, 0.4) is 0 Å². The van der Waals surface area contributed by atoms with Gasteiger partial charge in [0.15, 0.2) is 0 Å². The van der Waals surface area contributed by atoms with Crippen molar-refractivity contribution in [3.63, 3.8) is 0 Å². The minimum Gasteiger partial charge on any atom is -0.392 e.